The Balaban J connectivity index is 1.63. The average Bonchev–Trinajstić information content (AvgIpc) is 3.01. The number of carbonyl (C=O) groups excluding carboxylic acids is 2. The number of carbonyl (C=O) groups is 2. The smallest absolute Gasteiger partial charge is 0.252 e. The molecule has 2 aliphatic rings. The molecule has 124 valence electrons. The molecule has 2 heterocycles. The van der Waals surface area contributed by atoms with E-state index in [2.05, 4.69) is 4.98 Å². The molecule has 0 radical (unpaired) electrons. The summed E-state index contributed by atoms with van der Waals surface area (Å²) in [6.45, 7) is 2.59. The first kappa shape index (κ1) is 15.7. The zero-order valence-electron chi connectivity index (χ0n) is 13.1. The second-order valence-corrected chi connectivity index (χ2v) is 6.32. The van der Waals surface area contributed by atoms with Crippen LogP contribution in [0.15, 0.2) is 18.3 Å². The molecule has 4 N–H and O–H groups in total. The van der Waals surface area contributed by atoms with Gasteiger partial charge in [0.15, 0.2) is 0 Å². The summed E-state index contributed by atoms with van der Waals surface area (Å²) in [5, 5.41) is 0. The Morgan fingerprint density at radius 2 is 1.91 bits per heavy atom. The van der Waals surface area contributed by atoms with Crippen molar-refractivity contribution in [3.63, 3.8) is 0 Å². The van der Waals surface area contributed by atoms with E-state index in [1.165, 1.54) is 0 Å². The number of rotatable bonds is 3. The average molecular weight is 317 g/mol. The van der Waals surface area contributed by atoms with Gasteiger partial charge in [0.2, 0.25) is 5.91 Å². The number of hydrogen-bond donors (Lipinski definition) is 2. The molecule has 2 unspecified atom stereocenters. The van der Waals surface area contributed by atoms with Crippen LogP contribution in [0, 0.1) is 5.92 Å². The molecule has 1 aromatic heterocycles. The summed E-state index contributed by atoms with van der Waals surface area (Å²) >= 11 is 0. The number of anilines is 1. The SMILES string of the molecule is NC(=O)c1cccnc1N1CCN(C(=O)C2CCC(N)C2)CC1. The summed E-state index contributed by atoms with van der Waals surface area (Å²) in [4.78, 5) is 32.3. The van der Waals surface area contributed by atoms with Crippen LogP contribution in [-0.4, -0.2) is 53.9 Å². The Kier molecular flexibility index (Phi) is 4.47. The molecular formula is C16H23N5O2. The van der Waals surface area contributed by atoms with Crippen molar-refractivity contribution in [3.8, 4) is 0 Å². The van der Waals surface area contributed by atoms with Crippen molar-refractivity contribution in [1.82, 2.24) is 9.88 Å². The monoisotopic (exact) mass is 317 g/mol. The van der Waals surface area contributed by atoms with E-state index in [0.717, 1.165) is 19.3 Å². The molecule has 1 aliphatic carbocycles. The maximum Gasteiger partial charge on any atom is 0.252 e. The second kappa shape index (κ2) is 6.54. The highest BCUT2D eigenvalue weighted by molar-refractivity contribution is 5.97. The van der Waals surface area contributed by atoms with Crippen molar-refractivity contribution < 1.29 is 9.59 Å². The molecule has 23 heavy (non-hydrogen) atoms. The molecule has 1 saturated carbocycles. The Morgan fingerprint density at radius 1 is 1.17 bits per heavy atom. The van der Waals surface area contributed by atoms with E-state index in [4.69, 9.17) is 11.5 Å². The van der Waals surface area contributed by atoms with Gasteiger partial charge in [0, 0.05) is 44.3 Å². The van der Waals surface area contributed by atoms with Gasteiger partial charge in [-0.1, -0.05) is 0 Å². The van der Waals surface area contributed by atoms with Gasteiger partial charge < -0.3 is 21.3 Å². The summed E-state index contributed by atoms with van der Waals surface area (Å²) in [6, 6.07) is 3.55. The van der Waals surface area contributed by atoms with Gasteiger partial charge in [-0.05, 0) is 31.4 Å². The quantitative estimate of drug-likeness (QED) is 0.813. The highest BCUT2D eigenvalue weighted by atomic mass is 16.2. The molecule has 1 aliphatic heterocycles. The number of primary amides is 1. The molecule has 1 saturated heterocycles. The highest BCUT2D eigenvalue weighted by Gasteiger charge is 2.33. The minimum Gasteiger partial charge on any atom is -0.365 e. The molecule has 2 amide bonds. The second-order valence-electron chi connectivity index (χ2n) is 6.32. The minimum absolute atomic E-state index is 0.0765. The maximum absolute atomic E-state index is 12.5. The first-order valence-corrected chi connectivity index (χ1v) is 8.10. The van der Waals surface area contributed by atoms with Crippen LogP contribution in [0.1, 0.15) is 29.6 Å². The van der Waals surface area contributed by atoms with Crippen molar-refractivity contribution >= 4 is 17.6 Å². The third-order valence-corrected chi connectivity index (χ3v) is 4.77. The minimum atomic E-state index is -0.480. The molecule has 0 aromatic carbocycles. The molecule has 7 nitrogen and oxygen atoms in total. The summed E-state index contributed by atoms with van der Waals surface area (Å²) in [7, 11) is 0. The fraction of sp³-hybridized carbons (Fsp3) is 0.562. The van der Waals surface area contributed by atoms with Gasteiger partial charge in [0.1, 0.15) is 5.82 Å². The third kappa shape index (κ3) is 3.29. The summed E-state index contributed by atoms with van der Waals surface area (Å²) in [5.74, 6) is 0.419. The van der Waals surface area contributed by atoms with Gasteiger partial charge in [0.25, 0.3) is 5.91 Å². The van der Waals surface area contributed by atoms with E-state index in [1.807, 2.05) is 9.80 Å². The van der Waals surface area contributed by atoms with Crippen molar-refractivity contribution in [2.45, 2.75) is 25.3 Å². The van der Waals surface area contributed by atoms with E-state index in [-0.39, 0.29) is 17.9 Å². The molecule has 0 spiro atoms. The van der Waals surface area contributed by atoms with Gasteiger partial charge in [-0.2, -0.15) is 0 Å². The van der Waals surface area contributed by atoms with Crippen molar-refractivity contribution in [1.29, 1.82) is 0 Å². The van der Waals surface area contributed by atoms with Crippen LogP contribution >= 0.6 is 0 Å². The predicted octanol–water partition coefficient (Wildman–Crippen LogP) is -0.0435. The number of pyridine rings is 1. The Labute approximate surface area is 135 Å². The van der Waals surface area contributed by atoms with Gasteiger partial charge in [0.05, 0.1) is 5.56 Å². The summed E-state index contributed by atoms with van der Waals surface area (Å²) in [6.07, 6.45) is 4.28. The first-order chi connectivity index (χ1) is 11.1. The molecular weight excluding hydrogens is 294 g/mol. The Hall–Kier alpha value is -2.15. The highest BCUT2D eigenvalue weighted by Crippen LogP contribution is 2.27. The molecule has 1 aromatic rings. The Morgan fingerprint density at radius 3 is 2.52 bits per heavy atom. The number of piperazine rings is 1. The lowest BCUT2D eigenvalue weighted by Gasteiger charge is -2.37. The topological polar surface area (TPSA) is 106 Å². The van der Waals surface area contributed by atoms with Crippen LogP contribution in [0.5, 0.6) is 0 Å². The van der Waals surface area contributed by atoms with Crippen LogP contribution in [0.25, 0.3) is 0 Å². The van der Waals surface area contributed by atoms with Gasteiger partial charge in [-0.25, -0.2) is 4.98 Å². The van der Waals surface area contributed by atoms with Gasteiger partial charge in [-0.15, -0.1) is 0 Å². The third-order valence-electron chi connectivity index (χ3n) is 4.77. The van der Waals surface area contributed by atoms with E-state index >= 15 is 0 Å². The van der Waals surface area contributed by atoms with E-state index in [0.29, 0.717) is 37.6 Å². The number of nitrogens with two attached hydrogens (primary N) is 2. The van der Waals surface area contributed by atoms with E-state index in [1.54, 1.807) is 18.3 Å². The number of nitrogens with zero attached hydrogens (tertiary/aromatic N) is 3. The maximum atomic E-state index is 12.5. The lowest BCUT2D eigenvalue weighted by Crippen LogP contribution is -2.50. The molecule has 0 bridgehead atoms. The van der Waals surface area contributed by atoms with Gasteiger partial charge in [-0.3, -0.25) is 9.59 Å². The molecule has 3 rings (SSSR count). The van der Waals surface area contributed by atoms with Crippen molar-refractivity contribution in [3.05, 3.63) is 23.9 Å². The van der Waals surface area contributed by atoms with Crippen molar-refractivity contribution in [2.75, 3.05) is 31.1 Å². The molecule has 2 fully saturated rings. The normalized spacial score (nSPS) is 24.7. The lowest BCUT2D eigenvalue weighted by atomic mass is 10.1. The van der Waals surface area contributed by atoms with Crippen LogP contribution in [-0.2, 0) is 4.79 Å². The molecule has 2 atom stereocenters. The largest absolute Gasteiger partial charge is 0.365 e. The van der Waals surface area contributed by atoms with Gasteiger partial charge >= 0.3 is 0 Å². The van der Waals surface area contributed by atoms with Crippen LogP contribution in [0.2, 0.25) is 0 Å². The fourth-order valence-electron chi connectivity index (χ4n) is 3.48. The zero-order chi connectivity index (χ0) is 16.4. The van der Waals surface area contributed by atoms with Crippen LogP contribution < -0.4 is 16.4 Å². The summed E-state index contributed by atoms with van der Waals surface area (Å²) < 4.78 is 0. The fourth-order valence-corrected chi connectivity index (χ4v) is 3.48. The lowest BCUT2D eigenvalue weighted by molar-refractivity contribution is -0.135. The predicted molar refractivity (Wildman–Crippen MR) is 86.9 cm³/mol. The number of amides is 2. The van der Waals surface area contributed by atoms with E-state index < -0.39 is 5.91 Å². The molecule has 7 heteroatoms. The number of aromatic nitrogens is 1. The van der Waals surface area contributed by atoms with E-state index in [9.17, 15) is 9.59 Å². The first-order valence-electron chi connectivity index (χ1n) is 8.10. The zero-order valence-corrected chi connectivity index (χ0v) is 13.1. The summed E-state index contributed by atoms with van der Waals surface area (Å²) in [5.41, 5.74) is 11.7. The standard InChI is InChI=1S/C16H23N5O2/c17-12-4-3-11(10-12)16(23)21-8-6-20(7-9-21)15-13(14(18)22)2-1-5-19-15/h1-2,5,11-12H,3-4,6-10,17H2,(H2,18,22). The van der Waals surface area contributed by atoms with Crippen molar-refractivity contribution in [2.24, 2.45) is 17.4 Å². The van der Waals surface area contributed by atoms with Crippen LogP contribution in [0.3, 0.4) is 0 Å². The van der Waals surface area contributed by atoms with Crippen LogP contribution in [0.4, 0.5) is 5.82 Å². The Bertz CT molecular complexity index is 598. The number of hydrogen-bond acceptors (Lipinski definition) is 5.